The molecule has 0 saturated carbocycles. The molecule has 2 heterocycles. The largest absolute Gasteiger partial charge is 0.416 e. The average molecular weight is 415 g/mol. The van der Waals surface area contributed by atoms with Crippen molar-refractivity contribution in [3.05, 3.63) is 59.3 Å². The summed E-state index contributed by atoms with van der Waals surface area (Å²) in [5.41, 5.74) is 1.29. The molecule has 0 unspecified atom stereocenters. The molecule has 1 aromatic heterocycles. The first-order valence-electron chi connectivity index (χ1n) is 9.99. The van der Waals surface area contributed by atoms with Gasteiger partial charge in [-0.3, -0.25) is 0 Å². The Morgan fingerprint density at radius 2 is 1.90 bits per heavy atom. The van der Waals surface area contributed by atoms with E-state index in [1.54, 1.807) is 12.3 Å². The fraction of sp³-hybridized carbons (Fsp3) is 0.364. The van der Waals surface area contributed by atoms with Crippen LogP contribution >= 0.6 is 0 Å². The lowest BCUT2D eigenvalue weighted by molar-refractivity contribution is -0.138. The van der Waals surface area contributed by atoms with Gasteiger partial charge in [0.2, 0.25) is 0 Å². The van der Waals surface area contributed by atoms with Gasteiger partial charge in [-0.1, -0.05) is 18.2 Å². The third kappa shape index (κ3) is 4.05. The second kappa shape index (κ2) is 8.10. The van der Waals surface area contributed by atoms with Crippen molar-refractivity contribution in [1.82, 2.24) is 15.5 Å². The van der Waals surface area contributed by atoms with Crippen molar-refractivity contribution >= 4 is 22.3 Å². The van der Waals surface area contributed by atoms with E-state index < -0.39 is 11.7 Å². The molecular weight excluding hydrogens is 391 g/mol. The molecule has 158 valence electrons. The van der Waals surface area contributed by atoms with Crippen LogP contribution in [0.4, 0.5) is 24.7 Å². The van der Waals surface area contributed by atoms with Crippen molar-refractivity contribution < 1.29 is 13.2 Å². The third-order valence-corrected chi connectivity index (χ3v) is 5.63. The third-order valence-electron chi connectivity index (χ3n) is 5.63. The molecule has 1 aliphatic rings. The number of nitrogens with zero attached hydrogens (tertiary/aromatic N) is 3. The van der Waals surface area contributed by atoms with Crippen molar-refractivity contribution in [2.45, 2.75) is 26.1 Å². The van der Waals surface area contributed by atoms with Gasteiger partial charge < -0.3 is 15.5 Å². The lowest BCUT2D eigenvalue weighted by Gasteiger charge is -2.29. The van der Waals surface area contributed by atoms with Crippen LogP contribution in [-0.2, 0) is 6.18 Å². The number of hydrogen-bond acceptors (Lipinski definition) is 5. The highest BCUT2D eigenvalue weighted by Gasteiger charge is 2.33. The Morgan fingerprint density at radius 1 is 1.13 bits per heavy atom. The second-order valence-corrected chi connectivity index (χ2v) is 7.59. The standard InChI is InChI=1S/C22H24F3N5/c1-14-18(4-3-5-20(14)22(23,24)25)15(2)28-21-19-12-17(30-10-8-26-9-11-30)7-6-16(19)13-27-29-21/h3-7,12-13,15,26H,8-11H2,1-2H3,(H,28,29)/t15-/m1/s1. The monoisotopic (exact) mass is 415 g/mol. The molecule has 0 bridgehead atoms. The van der Waals surface area contributed by atoms with Crippen LogP contribution in [0.25, 0.3) is 10.8 Å². The Morgan fingerprint density at radius 3 is 2.63 bits per heavy atom. The van der Waals surface area contributed by atoms with Crippen molar-refractivity contribution in [3.63, 3.8) is 0 Å². The summed E-state index contributed by atoms with van der Waals surface area (Å²) in [6.45, 7) is 7.06. The molecule has 1 fully saturated rings. The van der Waals surface area contributed by atoms with Crippen molar-refractivity contribution in [2.75, 3.05) is 36.4 Å². The van der Waals surface area contributed by atoms with Gasteiger partial charge in [0.1, 0.15) is 0 Å². The van der Waals surface area contributed by atoms with Crippen LogP contribution in [0.3, 0.4) is 0 Å². The van der Waals surface area contributed by atoms with Gasteiger partial charge in [0.15, 0.2) is 5.82 Å². The highest BCUT2D eigenvalue weighted by Crippen LogP contribution is 2.35. The molecule has 8 heteroatoms. The van der Waals surface area contributed by atoms with E-state index in [1.807, 2.05) is 13.0 Å². The summed E-state index contributed by atoms with van der Waals surface area (Å²) in [6, 6.07) is 10.1. The summed E-state index contributed by atoms with van der Waals surface area (Å²) in [4.78, 5) is 2.31. The summed E-state index contributed by atoms with van der Waals surface area (Å²) < 4.78 is 39.9. The van der Waals surface area contributed by atoms with Gasteiger partial charge in [-0.05, 0) is 43.2 Å². The second-order valence-electron chi connectivity index (χ2n) is 7.59. The van der Waals surface area contributed by atoms with E-state index in [4.69, 9.17) is 0 Å². The van der Waals surface area contributed by atoms with Crippen molar-refractivity contribution in [3.8, 4) is 0 Å². The molecule has 30 heavy (non-hydrogen) atoms. The summed E-state index contributed by atoms with van der Waals surface area (Å²) >= 11 is 0. The van der Waals surface area contributed by atoms with Crippen LogP contribution in [-0.4, -0.2) is 36.4 Å². The maximum absolute atomic E-state index is 13.3. The molecule has 1 saturated heterocycles. The molecule has 0 spiro atoms. The van der Waals surface area contributed by atoms with Gasteiger partial charge in [-0.2, -0.15) is 18.3 Å². The SMILES string of the molecule is Cc1c([C@@H](C)Nc2nncc3ccc(N4CCNCC4)cc23)cccc1C(F)(F)F. The number of benzene rings is 2. The number of hydrogen-bond donors (Lipinski definition) is 2. The molecular formula is C22H24F3N5. The van der Waals surface area contributed by atoms with Gasteiger partial charge in [-0.25, -0.2) is 0 Å². The van der Waals surface area contributed by atoms with Gasteiger partial charge in [0.05, 0.1) is 17.8 Å². The number of fused-ring (bicyclic) bond motifs is 1. The van der Waals surface area contributed by atoms with Crippen LogP contribution in [0.15, 0.2) is 42.6 Å². The number of aromatic nitrogens is 2. The molecule has 0 aliphatic carbocycles. The molecule has 2 N–H and O–H groups in total. The van der Waals surface area contributed by atoms with Gasteiger partial charge >= 0.3 is 6.18 Å². The Hall–Kier alpha value is -2.87. The van der Waals surface area contributed by atoms with Gasteiger partial charge in [0, 0.05) is 42.6 Å². The Kier molecular flexibility index (Phi) is 5.51. The molecule has 2 aromatic carbocycles. The lowest BCUT2D eigenvalue weighted by Crippen LogP contribution is -2.43. The number of halogens is 3. The lowest BCUT2D eigenvalue weighted by atomic mass is 9.97. The van der Waals surface area contributed by atoms with Crippen LogP contribution in [0.5, 0.6) is 0 Å². The van der Waals surface area contributed by atoms with Crippen LogP contribution in [0.1, 0.15) is 29.7 Å². The fourth-order valence-corrected chi connectivity index (χ4v) is 4.00. The van der Waals surface area contributed by atoms with E-state index in [0.29, 0.717) is 11.4 Å². The highest BCUT2D eigenvalue weighted by molar-refractivity contribution is 5.93. The number of alkyl halides is 3. The molecule has 1 atom stereocenters. The smallest absolute Gasteiger partial charge is 0.369 e. The van der Waals surface area contributed by atoms with E-state index in [0.717, 1.165) is 48.7 Å². The minimum atomic E-state index is -4.38. The Labute approximate surface area is 173 Å². The van der Waals surface area contributed by atoms with Crippen LogP contribution in [0.2, 0.25) is 0 Å². The molecule has 3 aromatic rings. The summed E-state index contributed by atoms with van der Waals surface area (Å²) in [5, 5.41) is 16.8. The minimum Gasteiger partial charge on any atom is -0.369 e. The van der Waals surface area contributed by atoms with E-state index in [-0.39, 0.29) is 11.6 Å². The first-order chi connectivity index (χ1) is 14.3. The maximum atomic E-state index is 13.3. The van der Waals surface area contributed by atoms with Crippen LogP contribution < -0.4 is 15.5 Å². The summed E-state index contributed by atoms with van der Waals surface area (Å²) in [7, 11) is 0. The number of anilines is 2. The average Bonchev–Trinajstić information content (AvgIpc) is 2.73. The summed E-state index contributed by atoms with van der Waals surface area (Å²) in [6.07, 6.45) is -2.68. The zero-order chi connectivity index (χ0) is 21.3. The predicted molar refractivity (Wildman–Crippen MR) is 113 cm³/mol. The van der Waals surface area contributed by atoms with Gasteiger partial charge in [0.25, 0.3) is 0 Å². The van der Waals surface area contributed by atoms with E-state index in [1.165, 1.54) is 13.0 Å². The molecule has 0 amide bonds. The van der Waals surface area contributed by atoms with Crippen molar-refractivity contribution in [2.24, 2.45) is 0 Å². The first kappa shape index (κ1) is 20.4. The van der Waals surface area contributed by atoms with Gasteiger partial charge in [-0.15, -0.1) is 5.10 Å². The van der Waals surface area contributed by atoms with E-state index >= 15 is 0 Å². The zero-order valence-electron chi connectivity index (χ0n) is 16.9. The maximum Gasteiger partial charge on any atom is 0.416 e. The topological polar surface area (TPSA) is 53.1 Å². The number of rotatable bonds is 4. The van der Waals surface area contributed by atoms with E-state index in [9.17, 15) is 13.2 Å². The van der Waals surface area contributed by atoms with E-state index in [2.05, 4.69) is 37.9 Å². The normalized spacial score (nSPS) is 16.0. The quantitative estimate of drug-likeness (QED) is 0.655. The van der Waals surface area contributed by atoms with Crippen LogP contribution in [0, 0.1) is 6.92 Å². The zero-order valence-corrected chi connectivity index (χ0v) is 16.9. The predicted octanol–water partition coefficient (Wildman–Crippen LogP) is 4.54. The Bertz CT molecular complexity index is 1040. The molecule has 1 aliphatic heterocycles. The number of nitrogens with one attached hydrogen (secondary N) is 2. The highest BCUT2D eigenvalue weighted by atomic mass is 19.4. The van der Waals surface area contributed by atoms with Crippen molar-refractivity contribution in [1.29, 1.82) is 0 Å². The summed E-state index contributed by atoms with van der Waals surface area (Å²) in [5.74, 6) is 0.564. The first-order valence-corrected chi connectivity index (χ1v) is 9.99. The Balaban J connectivity index is 1.67. The molecule has 4 rings (SSSR count). The minimum absolute atomic E-state index is 0.222. The molecule has 0 radical (unpaired) electrons. The number of piperazine rings is 1. The fourth-order valence-electron chi connectivity index (χ4n) is 4.00. The molecule has 5 nitrogen and oxygen atoms in total.